The SMILES string of the molecule is COCOc1c(CCCCCCCCCC=O)cccc1S(=O)(=O)c1ccccc1. The molecule has 2 rings (SSSR count). The lowest BCUT2D eigenvalue weighted by Crippen LogP contribution is -2.09. The molecule has 0 spiro atoms. The second kappa shape index (κ2) is 13.2. The molecule has 0 N–H and O–H groups in total. The number of benzene rings is 2. The molecule has 0 aliphatic rings. The Morgan fingerprint density at radius 3 is 2.17 bits per heavy atom. The summed E-state index contributed by atoms with van der Waals surface area (Å²) in [6.07, 6.45) is 9.97. The minimum absolute atomic E-state index is 0.00485. The van der Waals surface area contributed by atoms with Crippen molar-refractivity contribution >= 4 is 16.1 Å². The number of methoxy groups -OCH3 is 1. The summed E-state index contributed by atoms with van der Waals surface area (Å²) < 4.78 is 37.1. The fraction of sp³-hybridized carbons (Fsp3) is 0.458. The highest BCUT2D eigenvalue weighted by Gasteiger charge is 2.24. The number of unbranched alkanes of at least 4 members (excludes halogenated alkanes) is 7. The molecule has 0 aliphatic carbocycles. The van der Waals surface area contributed by atoms with Crippen LogP contribution in [0.5, 0.6) is 5.75 Å². The molecule has 2 aromatic rings. The first kappa shape index (κ1) is 24.1. The predicted molar refractivity (Wildman–Crippen MR) is 118 cm³/mol. The van der Waals surface area contributed by atoms with E-state index in [0.29, 0.717) is 12.2 Å². The van der Waals surface area contributed by atoms with Crippen LogP contribution in [-0.2, 0) is 25.8 Å². The first-order chi connectivity index (χ1) is 14.6. The number of carbonyl (C=O) groups excluding carboxylic acids is 1. The van der Waals surface area contributed by atoms with Gasteiger partial charge in [-0.2, -0.15) is 0 Å². The van der Waals surface area contributed by atoms with Gasteiger partial charge in [0, 0.05) is 13.5 Å². The Kier molecular flexibility index (Phi) is 10.6. The number of aldehydes is 1. The molecule has 0 saturated heterocycles. The molecule has 0 bridgehead atoms. The lowest BCUT2D eigenvalue weighted by molar-refractivity contribution is -0.107. The topological polar surface area (TPSA) is 69.7 Å². The van der Waals surface area contributed by atoms with E-state index in [2.05, 4.69) is 0 Å². The molecule has 0 radical (unpaired) electrons. The maximum atomic E-state index is 13.2. The molecule has 0 unspecified atom stereocenters. The summed E-state index contributed by atoms with van der Waals surface area (Å²) in [5.41, 5.74) is 0.884. The number of para-hydroxylation sites is 1. The zero-order chi connectivity index (χ0) is 21.7. The average molecular weight is 433 g/mol. The van der Waals surface area contributed by atoms with E-state index in [0.717, 1.165) is 63.2 Å². The molecule has 0 aromatic heterocycles. The molecule has 30 heavy (non-hydrogen) atoms. The molecule has 0 amide bonds. The van der Waals surface area contributed by atoms with Crippen molar-refractivity contribution in [2.75, 3.05) is 13.9 Å². The lowest BCUT2D eigenvalue weighted by Gasteiger charge is -2.16. The van der Waals surface area contributed by atoms with Crippen molar-refractivity contribution in [3.8, 4) is 5.75 Å². The van der Waals surface area contributed by atoms with Gasteiger partial charge in [0.2, 0.25) is 9.84 Å². The fourth-order valence-electron chi connectivity index (χ4n) is 3.41. The Hall–Kier alpha value is -2.18. The van der Waals surface area contributed by atoms with E-state index >= 15 is 0 Å². The van der Waals surface area contributed by atoms with Crippen molar-refractivity contribution in [3.05, 3.63) is 54.1 Å². The molecular weight excluding hydrogens is 400 g/mol. The first-order valence-corrected chi connectivity index (χ1v) is 12.1. The van der Waals surface area contributed by atoms with Crippen LogP contribution in [0.15, 0.2) is 58.3 Å². The zero-order valence-corrected chi connectivity index (χ0v) is 18.5. The maximum Gasteiger partial charge on any atom is 0.210 e. The third-order valence-corrected chi connectivity index (χ3v) is 6.79. The Morgan fingerprint density at radius 1 is 0.833 bits per heavy atom. The molecule has 0 saturated carbocycles. The van der Waals surface area contributed by atoms with E-state index in [-0.39, 0.29) is 16.6 Å². The smallest absolute Gasteiger partial charge is 0.210 e. The highest BCUT2D eigenvalue weighted by molar-refractivity contribution is 7.91. The number of aryl methyl sites for hydroxylation is 1. The molecule has 164 valence electrons. The van der Waals surface area contributed by atoms with Gasteiger partial charge in [0.05, 0.1) is 4.90 Å². The van der Waals surface area contributed by atoms with Gasteiger partial charge in [-0.05, 0) is 43.0 Å². The normalized spacial score (nSPS) is 11.4. The number of hydrogen-bond acceptors (Lipinski definition) is 5. The van der Waals surface area contributed by atoms with Crippen molar-refractivity contribution in [1.29, 1.82) is 0 Å². The lowest BCUT2D eigenvalue weighted by atomic mass is 10.0. The minimum atomic E-state index is -3.68. The Morgan fingerprint density at radius 2 is 1.50 bits per heavy atom. The third kappa shape index (κ3) is 7.26. The van der Waals surface area contributed by atoms with Crippen molar-refractivity contribution in [2.45, 2.75) is 67.6 Å². The van der Waals surface area contributed by atoms with Crippen LogP contribution in [0.4, 0.5) is 0 Å². The van der Waals surface area contributed by atoms with Crippen LogP contribution in [0, 0.1) is 0 Å². The predicted octanol–water partition coefficient (Wildman–Crippen LogP) is 5.36. The average Bonchev–Trinajstić information content (AvgIpc) is 2.77. The third-order valence-electron chi connectivity index (χ3n) is 4.99. The van der Waals surface area contributed by atoms with E-state index in [1.807, 2.05) is 6.07 Å². The largest absolute Gasteiger partial charge is 0.466 e. The molecule has 5 nitrogen and oxygen atoms in total. The summed E-state index contributed by atoms with van der Waals surface area (Å²) in [7, 11) is -2.16. The fourth-order valence-corrected chi connectivity index (χ4v) is 4.87. The van der Waals surface area contributed by atoms with Gasteiger partial charge in [-0.15, -0.1) is 0 Å². The Balaban J connectivity index is 2.04. The summed E-state index contributed by atoms with van der Waals surface area (Å²) in [4.78, 5) is 10.7. The molecule has 6 heteroatoms. The molecule has 0 fully saturated rings. The van der Waals surface area contributed by atoms with Crippen molar-refractivity contribution in [3.63, 3.8) is 0 Å². The minimum Gasteiger partial charge on any atom is -0.466 e. The van der Waals surface area contributed by atoms with Gasteiger partial charge in [0.15, 0.2) is 6.79 Å². The van der Waals surface area contributed by atoms with Gasteiger partial charge in [-0.25, -0.2) is 8.42 Å². The number of hydrogen-bond donors (Lipinski definition) is 0. The molecule has 2 aromatic carbocycles. The Bertz CT molecular complexity index is 862. The van der Waals surface area contributed by atoms with Crippen LogP contribution in [0.3, 0.4) is 0 Å². The summed E-state index contributed by atoms with van der Waals surface area (Å²) >= 11 is 0. The van der Waals surface area contributed by atoms with Crippen LogP contribution in [0.25, 0.3) is 0 Å². The van der Waals surface area contributed by atoms with E-state index in [4.69, 9.17) is 9.47 Å². The van der Waals surface area contributed by atoms with Crippen molar-refractivity contribution in [2.24, 2.45) is 0 Å². The number of sulfone groups is 1. The Labute approximate surface area is 180 Å². The molecular formula is C24H32O5S. The van der Waals surface area contributed by atoms with Crippen LogP contribution < -0.4 is 4.74 Å². The van der Waals surface area contributed by atoms with Crippen molar-refractivity contribution in [1.82, 2.24) is 0 Å². The highest BCUT2D eigenvalue weighted by Crippen LogP contribution is 2.33. The zero-order valence-electron chi connectivity index (χ0n) is 17.7. The first-order valence-electron chi connectivity index (χ1n) is 10.6. The number of carbonyl (C=O) groups is 1. The maximum absolute atomic E-state index is 13.2. The summed E-state index contributed by atoms with van der Waals surface area (Å²) in [6, 6.07) is 13.7. The van der Waals surface area contributed by atoms with Gasteiger partial charge >= 0.3 is 0 Å². The monoisotopic (exact) mass is 432 g/mol. The number of ether oxygens (including phenoxy) is 2. The van der Waals surface area contributed by atoms with Gasteiger partial charge in [-0.3, -0.25) is 0 Å². The second-order valence-electron chi connectivity index (χ2n) is 7.29. The van der Waals surface area contributed by atoms with Crippen molar-refractivity contribution < 1.29 is 22.7 Å². The van der Waals surface area contributed by atoms with Crippen LogP contribution in [0.2, 0.25) is 0 Å². The van der Waals surface area contributed by atoms with E-state index in [1.54, 1.807) is 42.5 Å². The summed E-state index contributed by atoms with van der Waals surface area (Å²) in [5, 5.41) is 0. The van der Waals surface area contributed by atoms with E-state index in [1.165, 1.54) is 7.11 Å². The van der Waals surface area contributed by atoms with Gasteiger partial charge in [-0.1, -0.05) is 62.4 Å². The summed E-state index contributed by atoms with van der Waals surface area (Å²) in [5.74, 6) is 0.386. The van der Waals surface area contributed by atoms with Crippen LogP contribution in [-0.4, -0.2) is 28.6 Å². The standard InChI is InChI=1S/C24H32O5S/c1-28-20-29-24-21(14-9-6-4-2-3-5-7-12-19-25)15-13-18-23(24)30(26,27)22-16-10-8-11-17-22/h8,10-11,13,15-19H,2-7,9,12,14,20H2,1H3. The van der Waals surface area contributed by atoms with Gasteiger partial charge < -0.3 is 14.3 Å². The highest BCUT2D eigenvalue weighted by atomic mass is 32.2. The molecule has 0 atom stereocenters. The quantitative estimate of drug-likeness (QED) is 0.215. The van der Waals surface area contributed by atoms with Gasteiger partial charge in [0.1, 0.15) is 16.9 Å². The van der Waals surface area contributed by atoms with Crippen LogP contribution in [0.1, 0.15) is 56.9 Å². The number of rotatable bonds is 15. The van der Waals surface area contributed by atoms with Crippen LogP contribution >= 0.6 is 0 Å². The van der Waals surface area contributed by atoms with E-state index < -0.39 is 9.84 Å². The summed E-state index contributed by atoms with van der Waals surface area (Å²) in [6.45, 7) is -0.00485. The van der Waals surface area contributed by atoms with E-state index in [9.17, 15) is 13.2 Å². The molecule has 0 aliphatic heterocycles. The van der Waals surface area contributed by atoms with Gasteiger partial charge in [0.25, 0.3) is 0 Å². The second-order valence-corrected chi connectivity index (χ2v) is 9.21. The molecule has 0 heterocycles.